The van der Waals surface area contributed by atoms with E-state index in [1.807, 2.05) is 16.9 Å². The number of aromatic nitrogens is 2. The first-order chi connectivity index (χ1) is 13.5. The van der Waals surface area contributed by atoms with Gasteiger partial charge in [-0.1, -0.05) is 6.07 Å². The van der Waals surface area contributed by atoms with Gasteiger partial charge >= 0.3 is 0 Å². The second-order valence-electron chi connectivity index (χ2n) is 8.93. The van der Waals surface area contributed by atoms with Gasteiger partial charge in [0.1, 0.15) is 5.75 Å². The highest BCUT2D eigenvalue weighted by molar-refractivity contribution is 5.47. The average molecular weight is 383 g/mol. The van der Waals surface area contributed by atoms with Crippen LogP contribution in [0.5, 0.6) is 5.75 Å². The summed E-state index contributed by atoms with van der Waals surface area (Å²) in [5.74, 6) is 0.308. The number of nitrogens with one attached hydrogen (secondary N) is 1. The molecule has 3 unspecified atom stereocenters. The first kappa shape index (κ1) is 18.2. The van der Waals surface area contributed by atoms with Crippen LogP contribution >= 0.6 is 0 Å². The van der Waals surface area contributed by atoms with Crippen molar-refractivity contribution in [2.24, 2.45) is 0 Å². The number of hydrogen-bond acceptors (Lipinski definition) is 5. The number of rotatable bonds is 3. The van der Waals surface area contributed by atoms with Crippen LogP contribution in [0, 0.1) is 6.92 Å². The van der Waals surface area contributed by atoms with E-state index in [1.54, 1.807) is 6.07 Å². The van der Waals surface area contributed by atoms with Crippen molar-refractivity contribution in [3.8, 4) is 5.75 Å². The number of aromatic hydroxyl groups is 1. The molecule has 2 fully saturated rings. The summed E-state index contributed by atoms with van der Waals surface area (Å²) in [5.41, 5.74) is 2.61. The fourth-order valence-electron chi connectivity index (χ4n) is 5.93. The van der Waals surface area contributed by atoms with Gasteiger partial charge in [0.25, 0.3) is 0 Å². The number of benzene rings is 1. The third-order valence-corrected chi connectivity index (χ3v) is 7.45. The molecule has 1 aromatic heterocycles. The van der Waals surface area contributed by atoms with Crippen LogP contribution in [-0.2, 0) is 18.4 Å². The van der Waals surface area contributed by atoms with E-state index < -0.39 is 5.60 Å². The van der Waals surface area contributed by atoms with Gasteiger partial charge in [-0.05, 0) is 74.5 Å². The molecule has 2 bridgehead atoms. The highest BCUT2D eigenvalue weighted by atomic mass is 16.3. The molecular formula is C22H30N4O2. The van der Waals surface area contributed by atoms with Crippen LogP contribution in [-0.4, -0.2) is 62.7 Å². The lowest BCUT2D eigenvalue weighted by Crippen LogP contribution is -2.70. The predicted molar refractivity (Wildman–Crippen MR) is 107 cm³/mol. The van der Waals surface area contributed by atoms with Crippen molar-refractivity contribution in [2.45, 2.75) is 56.2 Å². The Kier molecular flexibility index (Phi) is 4.27. The van der Waals surface area contributed by atoms with Crippen molar-refractivity contribution in [1.29, 1.82) is 0 Å². The summed E-state index contributed by atoms with van der Waals surface area (Å²) in [4.78, 5) is 2.47. The molecule has 2 aliphatic heterocycles. The Bertz CT molecular complexity index is 881. The summed E-state index contributed by atoms with van der Waals surface area (Å²) in [7, 11) is 0. The third-order valence-electron chi connectivity index (χ3n) is 7.45. The summed E-state index contributed by atoms with van der Waals surface area (Å²) in [5, 5.41) is 30.2. The molecule has 3 aliphatic rings. The van der Waals surface area contributed by atoms with Crippen LogP contribution < -0.4 is 5.32 Å². The molecule has 150 valence electrons. The molecule has 1 aromatic carbocycles. The zero-order valence-corrected chi connectivity index (χ0v) is 16.6. The molecule has 3 N–H and O–H groups in total. The lowest BCUT2D eigenvalue weighted by Gasteiger charge is -2.58. The van der Waals surface area contributed by atoms with Gasteiger partial charge in [-0.2, -0.15) is 5.10 Å². The molecule has 0 radical (unpaired) electrons. The molecule has 0 saturated carbocycles. The zero-order chi connectivity index (χ0) is 19.4. The van der Waals surface area contributed by atoms with Crippen molar-refractivity contribution in [2.75, 3.05) is 26.2 Å². The number of nitrogens with zero attached hydrogens (tertiary/aromatic N) is 3. The lowest BCUT2D eigenvalue weighted by molar-refractivity contribution is -0.102. The Morgan fingerprint density at radius 3 is 2.89 bits per heavy atom. The van der Waals surface area contributed by atoms with Crippen molar-refractivity contribution < 1.29 is 10.2 Å². The topological polar surface area (TPSA) is 73.6 Å². The number of phenolic OH excluding ortho intramolecular Hbond substituents is 1. The Morgan fingerprint density at radius 1 is 1.21 bits per heavy atom. The largest absolute Gasteiger partial charge is 0.508 e. The van der Waals surface area contributed by atoms with Crippen LogP contribution in [0.2, 0.25) is 0 Å². The summed E-state index contributed by atoms with van der Waals surface area (Å²) >= 11 is 0. The normalized spacial score (nSPS) is 32.4. The van der Waals surface area contributed by atoms with E-state index in [-0.39, 0.29) is 11.5 Å². The first-order valence-electron chi connectivity index (χ1n) is 10.5. The van der Waals surface area contributed by atoms with Gasteiger partial charge in [-0.15, -0.1) is 0 Å². The molecule has 6 nitrogen and oxygen atoms in total. The molecule has 1 aliphatic carbocycles. The van der Waals surface area contributed by atoms with Crippen molar-refractivity contribution >= 4 is 0 Å². The van der Waals surface area contributed by atoms with E-state index in [2.05, 4.69) is 34.5 Å². The van der Waals surface area contributed by atoms with Crippen LogP contribution in [0.4, 0.5) is 0 Å². The minimum atomic E-state index is -0.761. The van der Waals surface area contributed by atoms with Crippen molar-refractivity contribution in [1.82, 2.24) is 20.0 Å². The summed E-state index contributed by atoms with van der Waals surface area (Å²) in [6.07, 6.45) is 7.42. The highest BCUT2D eigenvalue weighted by Gasteiger charge is 2.61. The number of fused-ring (bicyclic) bond motifs is 1. The van der Waals surface area contributed by atoms with E-state index in [1.165, 1.54) is 16.7 Å². The Labute approximate surface area is 166 Å². The SMILES string of the molecule is Cc1cnn(CCN2CCC34CCNC(Cc5ccc(O)cc53)C4(O)CC2)c1. The maximum absolute atomic E-state index is 12.0. The van der Waals surface area contributed by atoms with Gasteiger partial charge in [-0.3, -0.25) is 4.68 Å². The molecule has 6 heteroatoms. The fraction of sp³-hybridized carbons (Fsp3) is 0.591. The van der Waals surface area contributed by atoms with Gasteiger partial charge in [0, 0.05) is 30.7 Å². The van der Waals surface area contributed by atoms with E-state index in [9.17, 15) is 10.2 Å². The van der Waals surface area contributed by atoms with Crippen molar-refractivity contribution in [3.05, 3.63) is 47.3 Å². The van der Waals surface area contributed by atoms with Gasteiger partial charge in [0.05, 0.1) is 18.3 Å². The van der Waals surface area contributed by atoms with Gasteiger partial charge < -0.3 is 20.4 Å². The average Bonchev–Trinajstić information content (AvgIpc) is 3.01. The maximum atomic E-state index is 12.0. The Morgan fingerprint density at radius 2 is 2.07 bits per heavy atom. The predicted octanol–water partition coefficient (Wildman–Crippen LogP) is 1.58. The van der Waals surface area contributed by atoms with Gasteiger partial charge in [-0.25, -0.2) is 0 Å². The Hall–Kier alpha value is -1.89. The van der Waals surface area contributed by atoms with Crippen molar-refractivity contribution in [3.63, 3.8) is 0 Å². The number of phenols is 1. The molecule has 3 atom stereocenters. The fourth-order valence-corrected chi connectivity index (χ4v) is 5.93. The monoisotopic (exact) mass is 382 g/mol. The number of aryl methyl sites for hydroxylation is 1. The molecular weight excluding hydrogens is 352 g/mol. The maximum Gasteiger partial charge on any atom is 0.115 e. The summed E-state index contributed by atoms with van der Waals surface area (Å²) < 4.78 is 2.01. The summed E-state index contributed by atoms with van der Waals surface area (Å²) in [6.45, 7) is 6.66. The second-order valence-corrected chi connectivity index (χ2v) is 8.93. The molecule has 5 rings (SSSR count). The molecule has 2 saturated heterocycles. The summed E-state index contributed by atoms with van der Waals surface area (Å²) in [6, 6.07) is 5.84. The number of hydrogen-bond donors (Lipinski definition) is 3. The molecule has 3 heterocycles. The molecule has 0 amide bonds. The number of piperidine rings is 1. The van der Waals surface area contributed by atoms with Crippen LogP contribution in [0.15, 0.2) is 30.6 Å². The second kappa shape index (κ2) is 6.58. The Balaban J connectivity index is 1.43. The first-order valence-corrected chi connectivity index (χ1v) is 10.5. The van der Waals surface area contributed by atoms with E-state index in [4.69, 9.17) is 0 Å². The van der Waals surface area contributed by atoms with Crippen LogP contribution in [0.1, 0.15) is 36.0 Å². The van der Waals surface area contributed by atoms with E-state index >= 15 is 0 Å². The third kappa shape index (κ3) is 2.70. The minimum Gasteiger partial charge on any atom is -0.508 e. The van der Waals surface area contributed by atoms with Gasteiger partial charge in [0.2, 0.25) is 0 Å². The lowest BCUT2D eigenvalue weighted by atomic mass is 9.53. The highest BCUT2D eigenvalue weighted by Crippen LogP contribution is 2.54. The van der Waals surface area contributed by atoms with E-state index in [0.717, 1.165) is 58.4 Å². The number of likely N-dealkylation sites (tertiary alicyclic amines) is 1. The van der Waals surface area contributed by atoms with Gasteiger partial charge in [0.15, 0.2) is 0 Å². The van der Waals surface area contributed by atoms with E-state index in [0.29, 0.717) is 5.75 Å². The molecule has 2 aromatic rings. The minimum absolute atomic E-state index is 0.0898. The standard InChI is InChI=1S/C22H30N4O2/c1-16-14-24-26(15-16)11-10-25-8-5-21-4-7-23-20(22(21,28)6-9-25)12-17-2-3-18(27)13-19(17)21/h2-3,13-15,20,23,27-28H,4-12H2,1H3. The molecule has 28 heavy (non-hydrogen) atoms. The number of aliphatic hydroxyl groups is 1. The van der Waals surface area contributed by atoms with Crippen LogP contribution in [0.25, 0.3) is 0 Å². The molecule has 0 spiro atoms. The quantitative estimate of drug-likeness (QED) is 0.752. The smallest absolute Gasteiger partial charge is 0.115 e. The zero-order valence-electron chi connectivity index (χ0n) is 16.6. The van der Waals surface area contributed by atoms with Crippen LogP contribution in [0.3, 0.4) is 0 Å².